The van der Waals surface area contributed by atoms with E-state index in [4.69, 9.17) is 14.2 Å². The molecule has 0 spiro atoms. The number of nitrogens with zero attached hydrogens (tertiary/aromatic N) is 2. The Labute approximate surface area is 345 Å². The van der Waals surface area contributed by atoms with Gasteiger partial charge in [0, 0.05) is 57.4 Å². The van der Waals surface area contributed by atoms with Crippen molar-refractivity contribution in [1.82, 2.24) is 15.1 Å². The lowest BCUT2D eigenvalue weighted by atomic mass is 10.0. The first-order valence-corrected chi connectivity index (χ1v) is 20.6. The topological polar surface area (TPSA) is 162 Å². The Morgan fingerprint density at radius 3 is 2.41 bits per heavy atom. The van der Waals surface area contributed by atoms with E-state index in [1.165, 1.54) is 17.2 Å². The summed E-state index contributed by atoms with van der Waals surface area (Å²) in [4.78, 5) is 41.3. The Kier molecular flexibility index (Phi) is 14.1. The van der Waals surface area contributed by atoms with Crippen LogP contribution in [-0.4, -0.2) is 110 Å². The standard InChI is InChI=1S/C46H55N5O8/c1-50(22-20-47-27-41(53)38-15-16-40(52)44-45(38)58-30-42(54)49-44)43(55)19-24-57-23-18-32-13-11-31(12-14-32)17-21-51-28-34-25-36(26-35(34)29-51)59-46(56)48-39-10-6-5-9-37(39)33-7-3-2-4-8-33/h2-16,34-36,41,47,52-53H,17-30H2,1H3,(H,48,56)(H,49,54)/t34-,35+,36?,41-/m0/s1. The molecule has 2 aliphatic heterocycles. The zero-order valence-electron chi connectivity index (χ0n) is 33.6. The lowest BCUT2D eigenvalue weighted by Crippen LogP contribution is -2.35. The van der Waals surface area contributed by atoms with Gasteiger partial charge in [0.25, 0.3) is 5.91 Å². The van der Waals surface area contributed by atoms with Crippen LogP contribution in [0.25, 0.3) is 11.1 Å². The average molecular weight is 806 g/mol. The number of aromatic hydroxyl groups is 1. The molecule has 0 aromatic heterocycles. The first kappa shape index (κ1) is 41.7. The highest BCUT2D eigenvalue weighted by Gasteiger charge is 2.42. The Hall–Kier alpha value is -5.47. The van der Waals surface area contributed by atoms with E-state index in [1.807, 2.05) is 54.6 Å². The number of carbonyl (C=O) groups excluding carboxylic acids is 3. The molecular weight excluding hydrogens is 751 g/mol. The van der Waals surface area contributed by atoms with E-state index in [1.54, 1.807) is 18.0 Å². The van der Waals surface area contributed by atoms with Crippen LogP contribution < -0.4 is 20.7 Å². The number of para-hydroxylation sites is 1. The third-order valence-corrected chi connectivity index (χ3v) is 11.6. The number of hydrogen-bond donors (Lipinski definition) is 5. The van der Waals surface area contributed by atoms with Crippen molar-refractivity contribution < 1.29 is 38.8 Å². The highest BCUT2D eigenvalue weighted by molar-refractivity contribution is 5.97. The third kappa shape index (κ3) is 11.2. The molecule has 1 saturated carbocycles. The fourth-order valence-corrected chi connectivity index (χ4v) is 8.34. The van der Waals surface area contributed by atoms with Crippen molar-refractivity contribution in [2.75, 3.05) is 76.8 Å². The summed E-state index contributed by atoms with van der Waals surface area (Å²) in [5, 5.41) is 29.4. The molecule has 5 N–H and O–H groups in total. The van der Waals surface area contributed by atoms with Crippen LogP contribution in [0.1, 0.15) is 42.1 Å². The van der Waals surface area contributed by atoms with Gasteiger partial charge < -0.3 is 44.9 Å². The number of carbonyl (C=O) groups is 3. The summed E-state index contributed by atoms with van der Waals surface area (Å²) in [7, 11) is 1.74. The minimum absolute atomic E-state index is 0.0210. The van der Waals surface area contributed by atoms with Gasteiger partial charge in [-0.3, -0.25) is 14.9 Å². The molecule has 1 unspecified atom stereocenters. The number of aliphatic hydroxyl groups is 1. The summed E-state index contributed by atoms with van der Waals surface area (Å²) in [6, 6.07) is 29.5. The molecule has 7 rings (SSSR count). The summed E-state index contributed by atoms with van der Waals surface area (Å²) in [6.07, 6.45) is 2.49. The molecule has 312 valence electrons. The first-order chi connectivity index (χ1) is 28.7. The molecular formula is C46H55N5O8. The second-order valence-corrected chi connectivity index (χ2v) is 15.7. The van der Waals surface area contributed by atoms with Crippen molar-refractivity contribution in [2.24, 2.45) is 11.8 Å². The molecule has 3 aliphatic rings. The number of phenolic OH excluding ortho intramolecular Hbond substituents is 1. The molecule has 4 aromatic rings. The number of amides is 3. The van der Waals surface area contributed by atoms with Gasteiger partial charge in [-0.1, -0.05) is 72.8 Å². The lowest BCUT2D eigenvalue weighted by molar-refractivity contribution is -0.131. The Balaban J connectivity index is 0.726. The maximum atomic E-state index is 12.9. The van der Waals surface area contributed by atoms with Crippen molar-refractivity contribution in [3.8, 4) is 22.6 Å². The normalized spacial score (nSPS) is 18.9. The first-order valence-electron chi connectivity index (χ1n) is 20.6. The Morgan fingerprint density at radius 2 is 1.64 bits per heavy atom. The van der Waals surface area contributed by atoms with Crippen molar-refractivity contribution in [3.05, 3.63) is 108 Å². The van der Waals surface area contributed by atoms with Gasteiger partial charge in [0.1, 0.15) is 17.5 Å². The number of anilines is 2. The molecule has 3 amide bonds. The van der Waals surface area contributed by atoms with E-state index in [-0.39, 0.29) is 60.8 Å². The molecule has 13 nitrogen and oxygen atoms in total. The van der Waals surface area contributed by atoms with E-state index in [9.17, 15) is 24.6 Å². The zero-order chi connectivity index (χ0) is 41.1. The summed E-state index contributed by atoms with van der Waals surface area (Å²) in [6.45, 7) is 4.92. The van der Waals surface area contributed by atoms with Crippen molar-refractivity contribution in [1.29, 1.82) is 0 Å². The van der Waals surface area contributed by atoms with Gasteiger partial charge in [0.2, 0.25) is 5.91 Å². The van der Waals surface area contributed by atoms with Crippen LogP contribution in [0.2, 0.25) is 0 Å². The number of fused-ring (bicyclic) bond motifs is 2. The Morgan fingerprint density at radius 1 is 0.932 bits per heavy atom. The lowest BCUT2D eigenvalue weighted by Gasteiger charge is -2.24. The van der Waals surface area contributed by atoms with Gasteiger partial charge in [-0.25, -0.2) is 4.79 Å². The zero-order valence-corrected chi connectivity index (χ0v) is 33.6. The van der Waals surface area contributed by atoms with Crippen molar-refractivity contribution >= 4 is 29.3 Å². The molecule has 59 heavy (non-hydrogen) atoms. The maximum Gasteiger partial charge on any atom is 0.411 e. The van der Waals surface area contributed by atoms with Crippen LogP contribution in [0.15, 0.2) is 91.0 Å². The number of benzene rings is 4. The van der Waals surface area contributed by atoms with Gasteiger partial charge in [-0.05, 0) is 72.4 Å². The monoisotopic (exact) mass is 805 g/mol. The number of nitrogens with one attached hydrogen (secondary N) is 3. The van der Waals surface area contributed by atoms with Crippen molar-refractivity contribution in [3.63, 3.8) is 0 Å². The minimum atomic E-state index is -0.934. The van der Waals surface area contributed by atoms with Gasteiger partial charge in [-0.2, -0.15) is 0 Å². The second kappa shape index (κ2) is 20.0. The SMILES string of the molecule is CN(CCNC[C@H](O)c1ccc(O)c2c1OCC(=O)N2)C(=O)CCOCCc1ccc(CCN2C[C@H]3CC(OC(=O)Nc4ccccc4-c4ccccc4)C[C@H]3C2)cc1. The van der Waals surface area contributed by atoms with Gasteiger partial charge >= 0.3 is 6.09 Å². The Bertz CT molecular complexity index is 2030. The van der Waals surface area contributed by atoms with Gasteiger partial charge in [-0.15, -0.1) is 0 Å². The van der Waals surface area contributed by atoms with Crippen LogP contribution in [0, 0.1) is 11.8 Å². The quantitative estimate of drug-likeness (QED) is 0.0631. The fourth-order valence-electron chi connectivity index (χ4n) is 8.34. The van der Waals surface area contributed by atoms with Crippen LogP contribution in [0.3, 0.4) is 0 Å². The summed E-state index contributed by atoms with van der Waals surface area (Å²) in [5.41, 5.74) is 5.89. The number of phenols is 1. The maximum absolute atomic E-state index is 12.9. The van der Waals surface area contributed by atoms with Gasteiger partial charge in [0.05, 0.1) is 31.4 Å². The van der Waals surface area contributed by atoms with Crippen LogP contribution >= 0.6 is 0 Å². The second-order valence-electron chi connectivity index (χ2n) is 15.7. The largest absolute Gasteiger partial charge is 0.506 e. The van der Waals surface area contributed by atoms with E-state index in [0.29, 0.717) is 43.7 Å². The van der Waals surface area contributed by atoms with E-state index in [0.717, 1.165) is 62.1 Å². The molecule has 0 radical (unpaired) electrons. The van der Waals surface area contributed by atoms with Crippen molar-refractivity contribution in [2.45, 2.75) is 44.3 Å². The van der Waals surface area contributed by atoms with E-state index < -0.39 is 6.10 Å². The van der Waals surface area contributed by atoms with Crippen LogP contribution in [0.5, 0.6) is 11.5 Å². The third-order valence-electron chi connectivity index (χ3n) is 11.6. The van der Waals surface area contributed by atoms with Crippen LogP contribution in [0.4, 0.5) is 16.2 Å². The molecule has 4 aromatic carbocycles. The number of aliphatic hydroxyl groups excluding tert-OH is 1. The average Bonchev–Trinajstić information content (AvgIpc) is 3.80. The number of likely N-dealkylation sites (tertiary alicyclic amines) is 1. The van der Waals surface area contributed by atoms with Gasteiger partial charge in [0.15, 0.2) is 12.4 Å². The summed E-state index contributed by atoms with van der Waals surface area (Å²) >= 11 is 0. The fraction of sp³-hybridized carbons (Fsp3) is 0.413. The number of likely N-dealkylation sites (N-methyl/N-ethyl adjacent to an activating group) is 1. The number of rotatable bonds is 18. The smallest absolute Gasteiger partial charge is 0.411 e. The minimum Gasteiger partial charge on any atom is -0.506 e. The van der Waals surface area contributed by atoms with E-state index in [2.05, 4.69) is 45.1 Å². The molecule has 4 atom stereocenters. The number of hydrogen-bond acceptors (Lipinski definition) is 10. The molecule has 2 fully saturated rings. The molecule has 1 aliphatic carbocycles. The highest BCUT2D eigenvalue weighted by atomic mass is 16.6. The molecule has 1 saturated heterocycles. The predicted octanol–water partition coefficient (Wildman–Crippen LogP) is 5.62. The van der Waals surface area contributed by atoms with E-state index >= 15 is 0 Å². The molecule has 2 heterocycles. The number of ether oxygens (including phenoxy) is 3. The highest BCUT2D eigenvalue weighted by Crippen LogP contribution is 2.42. The summed E-state index contributed by atoms with van der Waals surface area (Å²) < 4.78 is 17.2. The predicted molar refractivity (Wildman–Crippen MR) is 225 cm³/mol. The molecule has 0 bridgehead atoms. The summed E-state index contributed by atoms with van der Waals surface area (Å²) in [5.74, 6) is 0.846. The molecule has 13 heteroatoms. The van der Waals surface area contributed by atoms with Crippen LogP contribution in [-0.2, 0) is 31.9 Å².